The number of nitrogens with one attached hydrogen (secondary N) is 1. The summed E-state index contributed by atoms with van der Waals surface area (Å²) in [4.78, 5) is 5.48. The normalized spacial score (nSPS) is 14.0. The van der Waals surface area contributed by atoms with Crippen molar-refractivity contribution in [1.29, 1.82) is 0 Å². The van der Waals surface area contributed by atoms with Crippen LogP contribution in [0.1, 0.15) is 22.7 Å². The molecule has 2 heteroatoms. The van der Waals surface area contributed by atoms with Crippen LogP contribution in [-0.2, 0) is 0 Å². The molecule has 9 aromatic carbocycles. The third kappa shape index (κ3) is 6.13. The fourth-order valence-corrected chi connectivity index (χ4v) is 8.66. The third-order valence-electron chi connectivity index (χ3n) is 11.7. The Morgan fingerprint density at radius 1 is 0.379 bits per heavy atom. The van der Waals surface area contributed by atoms with E-state index in [4.69, 9.17) is 4.98 Å². The first-order valence-electron chi connectivity index (χ1n) is 20.0. The fourth-order valence-electron chi connectivity index (χ4n) is 8.66. The van der Waals surface area contributed by atoms with Gasteiger partial charge in [-0.05, 0) is 108 Å². The maximum absolute atomic E-state index is 5.48. The molecular weight excluding hydrogens is 701 g/mol. The number of rotatable bonds is 6. The fraction of sp³-hybridized carbons (Fsp3) is 0.0179. The number of hydrogen-bond donors (Lipinski definition) is 1. The number of hydrogen-bond acceptors (Lipinski definition) is 2. The summed E-state index contributed by atoms with van der Waals surface area (Å²) >= 11 is 0. The van der Waals surface area contributed by atoms with Crippen LogP contribution >= 0.6 is 0 Å². The molecule has 1 unspecified atom stereocenters. The summed E-state index contributed by atoms with van der Waals surface area (Å²) < 4.78 is 0. The minimum Gasteiger partial charge on any atom is -0.374 e. The van der Waals surface area contributed by atoms with Crippen LogP contribution in [0.4, 0.5) is 0 Å². The zero-order chi connectivity index (χ0) is 38.4. The zero-order valence-corrected chi connectivity index (χ0v) is 31.8. The van der Waals surface area contributed by atoms with Gasteiger partial charge in [0, 0.05) is 22.0 Å². The van der Waals surface area contributed by atoms with Crippen molar-refractivity contribution in [3.8, 4) is 33.5 Å². The van der Waals surface area contributed by atoms with Crippen molar-refractivity contribution in [2.75, 3.05) is 0 Å². The predicted octanol–water partition coefficient (Wildman–Crippen LogP) is 14.5. The van der Waals surface area contributed by atoms with Crippen LogP contribution < -0.4 is 5.32 Å². The molecule has 1 aliphatic rings. The van der Waals surface area contributed by atoms with Crippen LogP contribution in [0.25, 0.3) is 88.0 Å². The van der Waals surface area contributed by atoms with Crippen molar-refractivity contribution >= 4 is 54.5 Å². The number of pyridine rings is 1. The number of aromatic nitrogens is 1. The van der Waals surface area contributed by atoms with Gasteiger partial charge >= 0.3 is 0 Å². The molecule has 0 spiro atoms. The number of benzene rings is 9. The van der Waals surface area contributed by atoms with Crippen LogP contribution in [-0.4, -0.2) is 4.98 Å². The smallest absolute Gasteiger partial charge is 0.0794 e. The number of fused-ring (bicyclic) bond motifs is 5. The first kappa shape index (κ1) is 33.8. The molecule has 1 aliphatic heterocycles. The topological polar surface area (TPSA) is 24.9 Å². The molecule has 58 heavy (non-hydrogen) atoms. The molecule has 0 amide bonds. The molecule has 2 nitrogen and oxygen atoms in total. The van der Waals surface area contributed by atoms with Gasteiger partial charge in [-0.25, -0.2) is 4.98 Å². The first-order chi connectivity index (χ1) is 28.7. The van der Waals surface area contributed by atoms with E-state index in [1.807, 2.05) is 0 Å². The molecule has 0 radical (unpaired) electrons. The van der Waals surface area contributed by atoms with E-state index in [9.17, 15) is 0 Å². The summed E-state index contributed by atoms with van der Waals surface area (Å²) in [6.07, 6.45) is 4.63. The molecule has 1 N–H and O–H groups in total. The van der Waals surface area contributed by atoms with E-state index in [1.54, 1.807) is 0 Å². The van der Waals surface area contributed by atoms with Crippen molar-refractivity contribution in [3.05, 3.63) is 235 Å². The highest BCUT2D eigenvalue weighted by atomic mass is 14.9. The van der Waals surface area contributed by atoms with Gasteiger partial charge in [-0.3, -0.25) is 0 Å². The van der Waals surface area contributed by atoms with E-state index >= 15 is 0 Å². The summed E-state index contributed by atoms with van der Waals surface area (Å²) in [5.41, 5.74) is 13.7. The van der Waals surface area contributed by atoms with Crippen molar-refractivity contribution < 1.29 is 0 Å². The monoisotopic (exact) mass is 738 g/mol. The Kier molecular flexibility index (Phi) is 8.26. The van der Waals surface area contributed by atoms with E-state index in [0.717, 1.165) is 33.2 Å². The lowest BCUT2D eigenvalue weighted by Gasteiger charge is -2.25. The number of allylic oxidation sites excluding steroid dienone is 2. The second kappa shape index (κ2) is 14.2. The van der Waals surface area contributed by atoms with E-state index in [0.29, 0.717) is 0 Å². The summed E-state index contributed by atoms with van der Waals surface area (Å²) in [6.45, 7) is 0. The van der Waals surface area contributed by atoms with Crippen LogP contribution in [0.2, 0.25) is 0 Å². The van der Waals surface area contributed by atoms with Gasteiger partial charge in [-0.1, -0.05) is 182 Å². The number of dihydropyridines is 1. The molecule has 10 aromatic rings. The van der Waals surface area contributed by atoms with Gasteiger partial charge in [0.25, 0.3) is 0 Å². The maximum Gasteiger partial charge on any atom is 0.0794 e. The van der Waals surface area contributed by atoms with Crippen LogP contribution in [0, 0.1) is 0 Å². The SMILES string of the molecule is C1=C(c2ccc(-c3cc4c(-c5ccc6ccccc6c5)cc(-c5ccc6ccccc6c5)nc4c4ccccc34)cc2)C=C(c2ccccc2)NC1c1ccccc1. The summed E-state index contributed by atoms with van der Waals surface area (Å²) in [5, 5.41) is 12.1. The largest absolute Gasteiger partial charge is 0.374 e. The zero-order valence-electron chi connectivity index (χ0n) is 31.8. The van der Waals surface area contributed by atoms with Crippen LogP contribution in [0.15, 0.2) is 218 Å². The molecule has 0 bridgehead atoms. The predicted molar refractivity (Wildman–Crippen MR) is 245 cm³/mol. The third-order valence-corrected chi connectivity index (χ3v) is 11.7. The Morgan fingerprint density at radius 3 is 1.66 bits per heavy atom. The summed E-state index contributed by atoms with van der Waals surface area (Å²) in [5.74, 6) is 0. The quantitative estimate of drug-likeness (QED) is 0.172. The second-order valence-corrected chi connectivity index (χ2v) is 15.2. The Morgan fingerprint density at radius 2 is 0.931 bits per heavy atom. The lowest BCUT2D eigenvalue weighted by Crippen LogP contribution is -2.21. The Bertz CT molecular complexity index is 3230. The lowest BCUT2D eigenvalue weighted by atomic mass is 9.89. The standard InChI is InChI=1S/C56H38N2/c1-3-15-41(16-4-1)53-33-47(34-54(57-53)42-17-5-2-6-18-42)39-23-27-40(28-24-39)50-35-52-51(45-29-25-37-13-7-9-19-43(37)31-45)36-55(58-56(52)49-22-12-11-21-48(49)50)46-30-26-38-14-8-10-20-44(38)32-46/h1-36,53,57H. The first-order valence-corrected chi connectivity index (χ1v) is 20.0. The summed E-state index contributed by atoms with van der Waals surface area (Å²) in [6, 6.07) is 74.5. The Balaban J connectivity index is 1.08. The Hall–Kier alpha value is -7.55. The molecule has 11 rings (SSSR count). The Labute approximate surface area is 338 Å². The molecule has 272 valence electrons. The molecule has 0 fully saturated rings. The van der Waals surface area contributed by atoms with Crippen molar-refractivity contribution in [1.82, 2.24) is 10.3 Å². The van der Waals surface area contributed by atoms with Gasteiger partial charge in [-0.2, -0.15) is 0 Å². The highest BCUT2D eigenvalue weighted by Crippen LogP contribution is 2.42. The van der Waals surface area contributed by atoms with Crippen molar-refractivity contribution in [3.63, 3.8) is 0 Å². The second-order valence-electron chi connectivity index (χ2n) is 15.2. The van der Waals surface area contributed by atoms with E-state index in [-0.39, 0.29) is 6.04 Å². The van der Waals surface area contributed by atoms with E-state index in [2.05, 4.69) is 224 Å². The average Bonchev–Trinajstić information content (AvgIpc) is 3.31. The van der Waals surface area contributed by atoms with E-state index < -0.39 is 0 Å². The minimum absolute atomic E-state index is 0.0565. The average molecular weight is 739 g/mol. The molecule has 0 aliphatic carbocycles. The van der Waals surface area contributed by atoms with Gasteiger partial charge in [0.1, 0.15) is 0 Å². The van der Waals surface area contributed by atoms with Gasteiger partial charge in [-0.15, -0.1) is 0 Å². The minimum atomic E-state index is 0.0565. The van der Waals surface area contributed by atoms with Crippen molar-refractivity contribution in [2.45, 2.75) is 6.04 Å². The van der Waals surface area contributed by atoms with Gasteiger partial charge in [0.05, 0.1) is 17.3 Å². The van der Waals surface area contributed by atoms with Gasteiger partial charge in [0.2, 0.25) is 0 Å². The van der Waals surface area contributed by atoms with Gasteiger partial charge < -0.3 is 5.32 Å². The molecular formula is C56H38N2. The molecule has 1 atom stereocenters. The molecule has 0 saturated heterocycles. The maximum atomic E-state index is 5.48. The van der Waals surface area contributed by atoms with Crippen LogP contribution in [0.3, 0.4) is 0 Å². The van der Waals surface area contributed by atoms with Crippen LogP contribution in [0.5, 0.6) is 0 Å². The highest BCUT2D eigenvalue weighted by Gasteiger charge is 2.20. The summed E-state index contributed by atoms with van der Waals surface area (Å²) in [7, 11) is 0. The van der Waals surface area contributed by atoms with E-state index in [1.165, 1.54) is 71.4 Å². The molecule has 1 aromatic heterocycles. The number of nitrogens with zero attached hydrogens (tertiary/aromatic N) is 1. The highest BCUT2D eigenvalue weighted by molar-refractivity contribution is 6.16. The van der Waals surface area contributed by atoms with Crippen molar-refractivity contribution in [2.24, 2.45) is 0 Å². The molecule has 2 heterocycles. The molecule has 0 saturated carbocycles. The van der Waals surface area contributed by atoms with Gasteiger partial charge in [0.15, 0.2) is 0 Å². The lowest BCUT2D eigenvalue weighted by molar-refractivity contribution is 0.767.